The van der Waals surface area contributed by atoms with Gasteiger partial charge in [-0.3, -0.25) is 4.21 Å². The lowest BCUT2D eigenvalue weighted by atomic mass is 10.2. The predicted molar refractivity (Wildman–Crippen MR) is 57.3 cm³/mol. The topological polar surface area (TPSA) is 52.3 Å². The van der Waals surface area contributed by atoms with E-state index in [4.69, 9.17) is 10.5 Å². The van der Waals surface area contributed by atoms with Crippen LogP contribution in [0.15, 0.2) is 0 Å². The first-order valence-electron chi connectivity index (χ1n) is 4.76. The van der Waals surface area contributed by atoms with Gasteiger partial charge in [0.1, 0.15) is 0 Å². The van der Waals surface area contributed by atoms with Crippen molar-refractivity contribution in [3.8, 4) is 0 Å². The Morgan fingerprint density at radius 3 is 2.54 bits per heavy atom. The zero-order valence-electron chi connectivity index (χ0n) is 8.62. The van der Waals surface area contributed by atoms with E-state index in [1.54, 1.807) is 7.11 Å². The first kappa shape index (κ1) is 13.1. The smallest absolute Gasteiger partial charge is 0.0471 e. The third-order valence-corrected chi connectivity index (χ3v) is 3.24. The zero-order chi connectivity index (χ0) is 10.1. The minimum atomic E-state index is -0.673. The highest BCUT2D eigenvalue weighted by molar-refractivity contribution is 7.84. The summed E-state index contributed by atoms with van der Waals surface area (Å²) >= 11 is 0. The normalized spacial score (nSPS) is 15.6. The molecule has 0 saturated heterocycles. The second kappa shape index (κ2) is 8.66. The van der Waals surface area contributed by atoms with Gasteiger partial charge in [-0.1, -0.05) is 0 Å². The van der Waals surface area contributed by atoms with E-state index in [9.17, 15) is 4.21 Å². The highest BCUT2D eigenvalue weighted by atomic mass is 32.2. The van der Waals surface area contributed by atoms with Crippen LogP contribution in [-0.2, 0) is 15.5 Å². The molecule has 3 nitrogen and oxygen atoms in total. The van der Waals surface area contributed by atoms with E-state index in [0.717, 1.165) is 30.8 Å². The van der Waals surface area contributed by atoms with Gasteiger partial charge in [0.2, 0.25) is 0 Å². The fourth-order valence-electron chi connectivity index (χ4n) is 1.03. The van der Waals surface area contributed by atoms with Gasteiger partial charge in [-0.25, -0.2) is 0 Å². The van der Waals surface area contributed by atoms with E-state index in [1.807, 2.05) is 6.92 Å². The standard InChI is InChI=1S/C9H21NO2S/c1-9(10)5-3-7-13(11)8-4-6-12-2/h9H,3-8,10H2,1-2H3. The van der Waals surface area contributed by atoms with Gasteiger partial charge in [0, 0.05) is 42.1 Å². The highest BCUT2D eigenvalue weighted by Gasteiger charge is 2.00. The van der Waals surface area contributed by atoms with Crippen LogP contribution in [0.1, 0.15) is 26.2 Å². The monoisotopic (exact) mass is 207 g/mol. The van der Waals surface area contributed by atoms with Crippen molar-refractivity contribution in [3.05, 3.63) is 0 Å². The minimum absolute atomic E-state index is 0.232. The summed E-state index contributed by atoms with van der Waals surface area (Å²) in [5.74, 6) is 1.54. The Morgan fingerprint density at radius 1 is 1.38 bits per heavy atom. The number of hydrogen-bond acceptors (Lipinski definition) is 3. The second-order valence-electron chi connectivity index (χ2n) is 3.31. The second-order valence-corrected chi connectivity index (χ2v) is 5.01. The van der Waals surface area contributed by atoms with E-state index in [-0.39, 0.29) is 6.04 Å². The average molecular weight is 207 g/mol. The molecule has 0 radical (unpaired) electrons. The van der Waals surface area contributed by atoms with Crippen molar-refractivity contribution in [2.45, 2.75) is 32.2 Å². The summed E-state index contributed by atoms with van der Waals surface area (Å²) in [5.41, 5.74) is 5.58. The lowest BCUT2D eigenvalue weighted by Crippen LogP contribution is -2.16. The van der Waals surface area contributed by atoms with Crippen LogP contribution in [0.5, 0.6) is 0 Å². The van der Waals surface area contributed by atoms with Crippen LogP contribution in [-0.4, -0.2) is 35.5 Å². The molecule has 0 bridgehead atoms. The third-order valence-electron chi connectivity index (χ3n) is 1.75. The van der Waals surface area contributed by atoms with E-state index < -0.39 is 10.8 Å². The third kappa shape index (κ3) is 9.99. The molecule has 0 heterocycles. The van der Waals surface area contributed by atoms with Crippen molar-refractivity contribution in [2.75, 3.05) is 25.2 Å². The summed E-state index contributed by atoms with van der Waals surface area (Å²) in [6.45, 7) is 2.69. The lowest BCUT2D eigenvalue weighted by Gasteiger charge is -2.04. The molecule has 0 aromatic carbocycles. The molecule has 0 aliphatic carbocycles. The van der Waals surface area contributed by atoms with Gasteiger partial charge in [0.25, 0.3) is 0 Å². The van der Waals surface area contributed by atoms with Crippen LogP contribution in [0, 0.1) is 0 Å². The van der Waals surface area contributed by atoms with Gasteiger partial charge in [-0.2, -0.15) is 0 Å². The Morgan fingerprint density at radius 2 is 2.00 bits per heavy atom. The van der Waals surface area contributed by atoms with E-state index in [1.165, 1.54) is 0 Å². The molecule has 0 aliphatic rings. The Bertz CT molecular complexity index is 140. The molecule has 0 aromatic rings. The first-order valence-corrected chi connectivity index (χ1v) is 6.25. The molecule has 0 aromatic heterocycles. The van der Waals surface area contributed by atoms with Gasteiger partial charge in [0.15, 0.2) is 0 Å². The summed E-state index contributed by atoms with van der Waals surface area (Å²) in [5, 5.41) is 0. The molecule has 2 N–H and O–H groups in total. The van der Waals surface area contributed by atoms with Crippen LogP contribution < -0.4 is 5.73 Å². The quantitative estimate of drug-likeness (QED) is 0.602. The van der Waals surface area contributed by atoms with Gasteiger partial charge in [-0.05, 0) is 26.2 Å². The van der Waals surface area contributed by atoms with Crippen LogP contribution in [0.2, 0.25) is 0 Å². The molecule has 13 heavy (non-hydrogen) atoms. The van der Waals surface area contributed by atoms with Crippen molar-refractivity contribution in [2.24, 2.45) is 5.73 Å². The number of methoxy groups -OCH3 is 1. The molecule has 2 atom stereocenters. The van der Waals surface area contributed by atoms with Gasteiger partial charge in [-0.15, -0.1) is 0 Å². The SMILES string of the molecule is COCCCS(=O)CCCC(C)N. The zero-order valence-corrected chi connectivity index (χ0v) is 9.44. The molecule has 0 rings (SSSR count). The Labute approximate surface area is 83.5 Å². The maximum absolute atomic E-state index is 11.3. The van der Waals surface area contributed by atoms with Gasteiger partial charge < -0.3 is 10.5 Å². The van der Waals surface area contributed by atoms with E-state index in [2.05, 4.69) is 0 Å². The summed E-state index contributed by atoms with van der Waals surface area (Å²) in [6, 6.07) is 0.232. The maximum Gasteiger partial charge on any atom is 0.0471 e. The maximum atomic E-state index is 11.3. The summed E-state index contributed by atoms with van der Waals surface area (Å²) in [6.07, 6.45) is 2.83. The fourth-order valence-corrected chi connectivity index (χ4v) is 2.17. The summed E-state index contributed by atoms with van der Waals surface area (Å²) in [7, 11) is 0.992. The Hall–Kier alpha value is 0.0700. The highest BCUT2D eigenvalue weighted by Crippen LogP contribution is 1.97. The van der Waals surface area contributed by atoms with Crippen molar-refractivity contribution in [1.82, 2.24) is 0 Å². The van der Waals surface area contributed by atoms with Crippen molar-refractivity contribution < 1.29 is 8.95 Å². The molecular formula is C9H21NO2S. The number of nitrogens with two attached hydrogens (primary N) is 1. The number of ether oxygens (including phenoxy) is 1. The lowest BCUT2D eigenvalue weighted by molar-refractivity contribution is 0.200. The molecule has 4 heteroatoms. The molecule has 80 valence electrons. The molecule has 0 fully saturated rings. The van der Waals surface area contributed by atoms with E-state index >= 15 is 0 Å². The first-order chi connectivity index (χ1) is 6.16. The fraction of sp³-hybridized carbons (Fsp3) is 1.00. The largest absolute Gasteiger partial charge is 0.385 e. The van der Waals surface area contributed by atoms with Crippen LogP contribution in [0.25, 0.3) is 0 Å². The van der Waals surface area contributed by atoms with Crippen molar-refractivity contribution >= 4 is 10.8 Å². The molecule has 0 amide bonds. The summed E-state index contributed by atoms with van der Waals surface area (Å²) < 4.78 is 16.2. The predicted octanol–water partition coefficient (Wildman–Crippen LogP) is 0.899. The van der Waals surface area contributed by atoms with Crippen molar-refractivity contribution in [3.63, 3.8) is 0 Å². The van der Waals surface area contributed by atoms with E-state index in [0.29, 0.717) is 6.61 Å². The number of rotatable bonds is 8. The van der Waals surface area contributed by atoms with Crippen LogP contribution in [0.4, 0.5) is 0 Å². The average Bonchev–Trinajstić information content (AvgIpc) is 2.04. The molecular weight excluding hydrogens is 186 g/mol. The Balaban J connectivity index is 3.20. The van der Waals surface area contributed by atoms with Gasteiger partial charge >= 0.3 is 0 Å². The summed E-state index contributed by atoms with van der Waals surface area (Å²) in [4.78, 5) is 0. The Kier molecular flexibility index (Phi) is 8.71. The van der Waals surface area contributed by atoms with Crippen LogP contribution >= 0.6 is 0 Å². The van der Waals surface area contributed by atoms with Gasteiger partial charge in [0.05, 0.1) is 0 Å². The molecule has 0 spiro atoms. The molecule has 0 aliphatic heterocycles. The molecule has 0 saturated carbocycles. The van der Waals surface area contributed by atoms with Crippen LogP contribution in [0.3, 0.4) is 0 Å². The number of hydrogen-bond donors (Lipinski definition) is 1. The minimum Gasteiger partial charge on any atom is -0.385 e. The molecule has 2 unspecified atom stereocenters. The van der Waals surface area contributed by atoms with Crippen molar-refractivity contribution in [1.29, 1.82) is 0 Å².